The third-order valence-electron chi connectivity index (χ3n) is 4.69. The number of hydrogen-bond donors (Lipinski definition) is 3. The second-order valence-corrected chi connectivity index (χ2v) is 6.52. The molecule has 0 spiro atoms. The van der Waals surface area contributed by atoms with Gasteiger partial charge in [-0.2, -0.15) is 0 Å². The lowest BCUT2D eigenvalue weighted by molar-refractivity contribution is -0.116. The Balaban J connectivity index is 1.76. The maximum absolute atomic E-state index is 11.5. The summed E-state index contributed by atoms with van der Waals surface area (Å²) in [5.41, 5.74) is 10.3. The van der Waals surface area contributed by atoms with Crippen molar-refractivity contribution in [2.45, 2.75) is 45.4 Å². The third-order valence-corrected chi connectivity index (χ3v) is 4.69. The molecule has 20 heavy (non-hydrogen) atoms. The molecule has 4 N–H and O–H groups in total. The van der Waals surface area contributed by atoms with E-state index in [1.54, 1.807) is 0 Å². The van der Waals surface area contributed by atoms with Crippen molar-refractivity contribution in [2.75, 3.05) is 22.9 Å². The van der Waals surface area contributed by atoms with Crippen LogP contribution in [0.4, 0.5) is 17.1 Å². The van der Waals surface area contributed by atoms with Crippen LogP contribution in [0.1, 0.15) is 44.6 Å². The zero-order valence-electron chi connectivity index (χ0n) is 12.1. The first kappa shape index (κ1) is 13.3. The van der Waals surface area contributed by atoms with Crippen molar-refractivity contribution in [3.63, 3.8) is 0 Å². The minimum Gasteiger partial charge on any atom is -0.397 e. The van der Waals surface area contributed by atoms with Gasteiger partial charge in [0, 0.05) is 18.7 Å². The fourth-order valence-electron chi connectivity index (χ4n) is 3.31. The third kappa shape index (κ3) is 2.60. The van der Waals surface area contributed by atoms with Gasteiger partial charge in [0.05, 0.1) is 11.4 Å². The molecular formula is C16H23N3O. The normalized spacial score (nSPS) is 20.4. The number of amides is 1. The van der Waals surface area contributed by atoms with Crippen molar-refractivity contribution in [2.24, 2.45) is 5.41 Å². The summed E-state index contributed by atoms with van der Waals surface area (Å²) in [6, 6.07) is 3.98. The summed E-state index contributed by atoms with van der Waals surface area (Å²) < 4.78 is 0. The number of carbonyl (C=O) groups is 1. The molecule has 4 heteroatoms. The molecule has 1 saturated carbocycles. The van der Waals surface area contributed by atoms with Crippen molar-refractivity contribution in [1.82, 2.24) is 0 Å². The first-order chi connectivity index (χ1) is 9.56. The van der Waals surface area contributed by atoms with Gasteiger partial charge in [-0.1, -0.05) is 19.8 Å². The zero-order valence-corrected chi connectivity index (χ0v) is 12.1. The Kier molecular flexibility index (Phi) is 3.32. The molecular weight excluding hydrogens is 250 g/mol. The Morgan fingerprint density at radius 3 is 2.80 bits per heavy atom. The van der Waals surface area contributed by atoms with Crippen molar-refractivity contribution >= 4 is 23.0 Å². The SMILES string of the molecule is CC1(CNc2cc3c(cc2N)CCC(=O)N3)CCCC1. The molecule has 1 heterocycles. The highest BCUT2D eigenvalue weighted by molar-refractivity contribution is 5.95. The number of anilines is 3. The van der Waals surface area contributed by atoms with E-state index in [4.69, 9.17) is 5.73 Å². The molecule has 1 aromatic carbocycles. The van der Waals surface area contributed by atoms with Crippen LogP contribution in [0.3, 0.4) is 0 Å². The standard InChI is InChI=1S/C16H23N3O/c1-16(6-2-3-7-16)10-18-14-9-13-11(8-12(14)17)4-5-15(20)19-13/h8-9,18H,2-7,10,17H2,1H3,(H,19,20). The number of aryl methyl sites for hydroxylation is 1. The highest BCUT2D eigenvalue weighted by Gasteiger charge is 2.28. The van der Waals surface area contributed by atoms with Crippen molar-refractivity contribution in [3.8, 4) is 0 Å². The molecule has 3 rings (SSSR count). The predicted octanol–water partition coefficient (Wildman–Crippen LogP) is 3.15. The number of carbonyl (C=O) groups excluding carboxylic acids is 1. The molecule has 0 radical (unpaired) electrons. The van der Waals surface area contributed by atoms with E-state index >= 15 is 0 Å². The van der Waals surface area contributed by atoms with Gasteiger partial charge in [0.1, 0.15) is 0 Å². The second-order valence-electron chi connectivity index (χ2n) is 6.52. The molecule has 2 aliphatic rings. The lowest BCUT2D eigenvalue weighted by Gasteiger charge is -2.26. The Labute approximate surface area is 120 Å². The van der Waals surface area contributed by atoms with Crippen LogP contribution in [0, 0.1) is 5.41 Å². The Morgan fingerprint density at radius 1 is 1.30 bits per heavy atom. The molecule has 1 fully saturated rings. The van der Waals surface area contributed by atoms with Crippen molar-refractivity contribution in [1.29, 1.82) is 0 Å². The van der Waals surface area contributed by atoms with E-state index < -0.39 is 0 Å². The zero-order chi connectivity index (χ0) is 14.2. The molecule has 0 atom stereocenters. The lowest BCUT2D eigenvalue weighted by Crippen LogP contribution is -2.24. The average molecular weight is 273 g/mol. The molecule has 1 aromatic rings. The Hall–Kier alpha value is -1.71. The Morgan fingerprint density at radius 2 is 2.05 bits per heavy atom. The van der Waals surface area contributed by atoms with Crippen LogP contribution < -0.4 is 16.4 Å². The smallest absolute Gasteiger partial charge is 0.224 e. The molecule has 0 bridgehead atoms. The van der Waals surface area contributed by atoms with E-state index in [9.17, 15) is 4.79 Å². The number of nitrogens with two attached hydrogens (primary N) is 1. The molecule has 1 aliphatic carbocycles. The van der Waals surface area contributed by atoms with Crippen LogP contribution in [0.2, 0.25) is 0 Å². The highest BCUT2D eigenvalue weighted by atomic mass is 16.1. The molecule has 1 amide bonds. The summed E-state index contributed by atoms with van der Waals surface area (Å²) in [7, 11) is 0. The van der Waals surface area contributed by atoms with E-state index in [2.05, 4.69) is 17.6 Å². The van der Waals surface area contributed by atoms with E-state index in [-0.39, 0.29) is 5.91 Å². The number of hydrogen-bond acceptors (Lipinski definition) is 3. The summed E-state index contributed by atoms with van der Waals surface area (Å²) >= 11 is 0. The maximum Gasteiger partial charge on any atom is 0.224 e. The molecule has 1 aliphatic heterocycles. The molecule has 0 unspecified atom stereocenters. The van der Waals surface area contributed by atoms with Gasteiger partial charge >= 0.3 is 0 Å². The topological polar surface area (TPSA) is 67.1 Å². The van der Waals surface area contributed by atoms with E-state index in [1.807, 2.05) is 12.1 Å². The largest absolute Gasteiger partial charge is 0.397 e. The average Bonchev–Trinajstić information content (AvgIpc) is 2.84. The summed E-state index contributed by atoms with van der Waals surface area (Å²) in [5.74, 6) is 0.0935. The van der Waals surface area contributed by atoms with E-state index in [0.29, 0.717) is 11.8 Å². The van der Waals surface area contributed by atoms with Crippen LogP contribution in [0.15, 0.2) is 12.1 Å². The minimum atomic E-state index is 0.0935. The van der Waals surface area contributed by atoms with E-state index in [1.165, 1.54) is 25.7 Å². The van der Waals surface area contributed by atoms with E-state index in [0.717, 1.165) is 35.6 Å². The number of nitrogens with one attached hydrogen (secondary N) is 2. The fourth-order valence-corrected chi connectivity index (χ4v) is 3.31. The molecule has 4 nitrogen and oxygen atoms in total. The summed E-state index contributed by atoms with van der Waals surface area (Å²) in [6.07, 6.45) is 6.55. The van der Waals surface area contributed by atoms with Crippen LogP contribution in [-0.4, -0.2) is 12.5 Å². The highest BCUT2D eigenvalue weighted by Crippen LogP contribution is 2.38. The summed E-state index contributed by atoms with van der Waals surface area (Å²) in [5, 5.41) is 6.41. The minimum absolute atomic E-state index is 0.0935. The molecule has 108 valence electrons. The molecule has 0 saturated heterocycles. The van der Waals surface area contributed by atoms with Crippen LogP contribution in [-0.2, 0) is 11.2 Å². The van der Waals surface area contributed by atoms with Crippen LogP contribution in [0.5, 0.6) is 0 Å². The maximum atomic E-state index is 11.5. The number of nitrogen functional groups attached to an aromatic ring is 1. The van der Waals surface area contributed by atoms with Gasteiger partial charge in [-0.3, -0.25) is 4.79 Å². The Bertz CT molecular complexity index is 533. The van der Waals surface area contributed by atoms with Gasteiger partial charge < -0.3 is 16.4 Å². The van der Waals surface area contributed by atoms with Gasteiger partial charge in [-0.05, 0) is 42.4 Å². The first-order valence-electron chi connectivity index (χ1n) is 7.52. The quantitative estimate of drug-likeness (QED) is 0.741. The van der Waals surface area contributed by atoms with Crippen LogP contribution >= 0.6 is 0 Å². The fraction of sp³-hybridized carbons (Fsp3) is 0.562. The second kappa shape index (κ2) is 5.00. The van der Waals surface area contributed by atoms with Gasteiger partial charge in [-0.25, -0.2) is 0 Å². The van der Waals surface area contributed by atoms with Crippen molar-refractivity contribution in [3.05, 3.63) is 17.7 Å². The van der Waals surface area contributed by atoms with Crippen molar-refractivity contribution < 1.29 is 4.79 Å². The first-order valence-corrected chi connectivity index (χ1v) is 7.52. The van der Waals surface area contributed by atoms with Gasteiger partial charge in [0.15, 0.2) is 0 Å². The lowest BCUT2D eigenvalue weighted by atomic mass is 9.89. The number of fused-ring (bicyclic) bond motifs is 1. The number of rotatable bonds is 3. The van der Waals surface area contributed by atoms with Gasteiger partial charge in [0.2, 0.25) is 5.91 Å². The van der Waals surface area contributed by atoms with Crippen LogP contribution in [0.25, 0.3) is 0 Å². The van der Waals surface area contributed by atoms with Gasteiger partial charge in [0.25, 0.3) is 0 Å². The molecule has 0 aromatic heterocycles. The summed E-state index contributed by atoms with van der Waals surface area (Å²) in [4.78, 5) is 11.5. The predicted molar refractivity (Wildman–Crippen MR) is 82.9 cm³/mol. The number of benzene rings is 1. The van der Waals surface area contributed by atoms with Gasteiger partial charge in [-0.15, -0.1) is 0 Å². The summed E-state index contributed by atoms with van der Waals surface area (Å²) in [6.45, 7) is 3.29. The monoisotopic (exact) mass is 273 g/mol.